The van der Waals surface area contributed by atoms with Gasteiger partial charge in [-0.25, -0.2) is 4.79 Å². The number of nitrogens with zero attached hydrogens (tertiary/aromatic N) is 3. The number of piperazine rings is 1. The van der Waals surface area contributed by atoms with E-state index in [4.69, 9.17) is 0 Å². The number of hydrogen-bond acceptors (Lipinski definition) is 3. The molecule has 1 aliphatic heterocycles. The van der Waals surface area contributed by atoms with E-state index in [0.717, 1.165) is 44.1 Å². The van der Waals surface area contributed by atoms with E-state index in [0.29, 0.717) is 0 Å². The van der Waals surface area contributed by atoms with Crippen LogP contribution in [0.3, 0.4) is 0 Å². The molecule has 2 aliphatic carbocycles. The van der Waals surface area contributed by atoms with Crippen LogP contribution in [0.15, 0.2) is 0 Å². The molecule has 1 heterocycles. The second-order valence-corrected chi connectivity index (χ2v) is 7.67. The van der Waals surface area contributed by atoms with Gasteiger partial charge in [0.25, 0.3) is 0 Å². The normalized spacial score (nSPS) is 32.0. The van der Waals surface area contributed by atoms with E-state index in [1.54, 1.807) is 21.0 Å². The first-order chi connectivity index (χ1) is 11.0. The van der Waals surface area contributed by atoms with Gasteiger partial charge in [0.2, 0.25) is 5.91 Å². The summed E-state index contributed by atoms with van der Waals surface area (Å²) in [6.45, 7) is 5.21. The predicted molar refractivity (Wildman–Crippen MR) is 89.1 cm³/mol. The zero-order valence-electron chi connectivity index (χ0n) is 14.6. The molecule has 2 saturated carbocycles. The van der Waals surface area contributed by atoms with Gasteiger partial charge in [-0.1, -0.05) is 6.42 Å². The van der Waals surface area contributed by atoms with E-state index in [1.807, 2.05) is 4.90 Å². The van der Waals surface area contributed by atoms with Crippen molar-refractivity contribution >= 4 is 11.9 Å². The second-order valence-electron chi connectivity index (χ2n) is 7.67. The Labute approximate surface area is 139 Å². The van der Waals surface area contributed by atoms with Crippen LogP contribution in [0.2, 0.25) is 0 Å². The first-order valence-electron chi connectivity index (χ1n) is 8.96. The summed E-state index contributed by atoms with van der Waals surface area (Å²) in [6, 6.07) is 0.176. The predicted octanol–water partition coefficient (Wildman–Crippen LogP) is 0.979. The molecular weight excluding hydrogens is 292 g/mol. The van der Waals surface area contributed by atoms with Crippen LogP contribution >= 0.6 is 0 Å². The summed E-state index contributed by atoms with van der Waals surface area (Å²) in [4.78, 5) is 30.1. The number of rotatable bonds is 3. The summed E-state index contributed by atoms with van der Waals surface area (Å²) in [6.07, 6.45) is 5.63. The van der Waals surface area contributed by atoms with Crippen molar-refractivity contribution in [3.63, 3.8) is 0 Å². The van der Waals surface area contributed by atoms with Gasteiger partial charge in [0.05, 0.1) is 0 Å². The quantitative estimate of drug-likeness (QED) is 0.843. The number of fused-ring (bicyclic) bond motifs is 2. The fraction of sp³-hybridized carbons (Fsp3) is 0.882. The fourth-order valence-corrected chi connectivity index (χ4v) is 4.64. The van der Waals surface area contributed by atoms with Gasteiger partial charge in [-0.05, 0) is 38.0 Å². The van der Waals surface area contributed by atoms with Gasteiger partial charge in [-0.2, -0.15) is 0 Å². The van der Waals surface area contributed by atoms with Crippen molar-refractivity contribution in [2.24, 2.45) is 11.8 Å². The van der Waals surface area contributed by atoms with Gasteiger partial charge in [0.1, 0.15) is 6.04 Å². The van der Waals surface area contributed by atoms with Crippen molar-refractivity contribution in [1.82, 2.24) is 20.0 Å². The van der Waals surface area contributed by atoms with E-state index < -0.39 is 6.04 Å². The lowest BCUT2D eigenvalue weighted by Crippen LogP contribution is -2.57. The molecular formula is C17H30N4O2. The van der Waals surface area contributed by atoms with Crippen molar-refractivity contribution < 1.29 is 9.59 Å². The summed E-state index contributed by atoms with van der Waals surface area (Å²) in [5.74, 6) is 1.79. The lowest BCUT2D eigenvalue weighted by molar-refractivity contribution is -0.130. The first-order valence-corrected chi connectivity index (χ1v) is 8.96. The average Bonchev–Trinajstić information content (AvgIpc) is 3.17. The van der Waals surface area contributed by atoms with E-state index in [2.05, 4.69) is 10.2 Å². The zero-order valence-corrected chi connectivity index (χ0v) is 14.6. The Morgan fingerprint density at radius 3 is 2.30 bits per heavy atom. The first kappa shape index (κ1) is 16.6. The molecule has 3 amide bonds. The Hall–Kier alpha value is -1.30. The van der Waals surface area contributed by atoms with Gasteiger partial charge in [0.15, 0.2) is 0 Å². The van der Waals surface area contributed by atoms with Crippen LogP contribution in [-0.4, -0.2) is 79.0 Å². The maximum absolute atomic E-state index is 12.3. The Kier molecular flexibility index (Phi) is 4.80. The molecule has 1 N–H and O–H groups in total. The standard InChI is InChI=1S/C17H30N4O2/c1-12(16(22)19(2)3)18-17(23)21-8-6-20(7-9-21)15-11-13-4-5-14(15)10-13/h12-15H,4-11H2,1-3H3,(H,18,23)/t12-,13+,14+,15-/m1/s1. The number of amides is 3. The van der Waals surface area contributed by atoms with E-state index in [9.17, 15) is 9.59 Å². The monoisotopic (exact) mass is 322 g/mol. The van der Waals surface area contributed by atoms with Gasteiger partial charge < -0.3 is 15.1 Å². The molecule has 0 radical (unpaired) electrons. The SMILES string of the molecule is C[C@@H](NC(=O)N1CCN([C@@H]2C[C@H]3CC[C@H]2C3)CC1)C(=O)N(C)C. The molecule has 0 aromatic heterocycles. The van der Waals surface area contributed by atoms with Crippen molar-refractivity contribution in [2.45, 2.75) is 44.7 Å². The number of urea groups is 1. The Morgan fingerprint density at radius 1 is 1.09 bits per heavy atom. The van der Waals surface area contributed by atoms with Crippen molar-refractivity contribution in [3.05, 3.63) is 0 Å². The Bertz CT molecular complexity index is 460. The molecule has 1 saturated heterocycles. The summed E-state index contributed by atoms with van der Waals surface area (Å²) < 4.78 is 0. The molecule has 0 aromatic rings. The van der Waals surface area contributed by atoms with Crippen LogP contribution in [0.5, 0.6) is 0 Å². The molecule has 3 aliphatic rings. The van der Waals surface area contributed by atoms with Crippen LogP contribution in [0.1, 0.15) is 32.6 Å². The van der Waals surface area contributed by atoms with Crippen LogP contribution < -0.4 is 5.32 Å². The lowest BCUT2D eigenvalue weighted by atomic mass is 9.93. The number of carbonyl (C=O) groups excluding carboxylic acids is 2. The molecule has 130 valence electrons. The highest BCUT2D eigenvalue weighted by Crippen LogP contribution is 2.46. The average molecular weight is 322 g/mol. The molecule has 4 atom stereocenters. The van der Waals surface area contributed by atoms with E-state index in [-0.39, 0.29) is 11.9 Å². The third-order valence-electron chi connectivity index (χ3n) is 5.92. The van der Waals surface area contributed by atoms with Crippen LogP contribution in [0, 0.1) is 11.8 Å². The van der Waals surface area contributed by atoms with Crippen LogP contribution in [0.4, 0.5) is 4.79 Å². The molecule has 0 spiro atoms. The molecule has 23 heavy (non-hydrogen) atoms. The molecule has 0 aromatic carbocycles. The highest BCUT2D eigenvalue weighted by atomic mass is 16.2. The maximum atomic E-state index is 12.3. The third kappa shape index (κ3) is 3.47. The topological polar surface area (TPSA) is 55.9 Å². The smallest absolute Gasteiger partial charge is 0.318 e. The van der Waals surface area contributed by atoms with Crippen LogP contribution in [-0.2, 0) is 4.79 Å². The lowest BCUT2D eigenvalue weighted by Gasteiger charge is -2.41. The number of likely N-dealkylation sites (N-methyl/N-ethyl adjacent to an activating group) is 1. The third-order valence-corrected chi connectivity index (χ3v) is 5.92. The highest BCUT2D eigenvalue weighted by molar-refractivity contribution is 5.86. The van der Waals surface area contributed by atoms with E-state index in [1.165, 1.54) is 30.6 Å². The molecule has 6 heteroatoms. The zero-order chi connectivity index (χ0) is 16.6. The van der Waals surface area contributed by atoms with E-state index >= 15 is 0 Å². The molecule has 0 unspecified atom stereocenters. The molecule has 3 rings (SSSR count). The van der Waals surface area contributed by atoms with Crippen LogP contribution in [0.25, 0.3) is 0 Å². The molecule has 3 fully saturated rings. The number of hydrogen-bond donors (Lipinski definition) is 1. The minimum absolute atomic E-state index is 0.0704. The Morgan fingerprint density at radius 2 is 1.78 bits per heavy atom. The second kappa shape index (κ2) is 6.67. The number of carbonyl (C=O) groups is 2. The summed E-state index contributed by atoms with van der Waals surface area (Å²) in [7, 11) is 3.41. The van der Waals surface area contributed by atoms with Gasteiger partial charge in [-0.15, -0.1) is 0 Å². The Balaban J connectivity index is 1.45. The largest absolute Gasteiger partial charge is 0.347 e. The fourth-order valence-electron chi connectivity index (χ4n) is 4.64. The summed E-state index contributed by atoms with van der Waals surface area (Å²) in [5, 5.41) is 2.82. The molecule has 2 bridgehead atoms. The van der Waals surface area contributed by atoms with Crippen molar-refractivity contribution in [2.75, 3.05) is 40.3 Å². The van der Waals surface area contributed by atoms with Gasteiger partial charge >= 0.3 is 6.03 Å². The van der Waals surface area contributed by atoms with Gasteiger partial charge in [0, 0.05) is 46.3 Å². The minimum Gasteiger partial charge on any atom is -0.347 e. The molecule has 6 nitrogen and oxygen atoms in total. The van der Waals surface area contributed by atoms with Crippen molar-refractivity contribution in [3.8, 4) is 0 Å². The van der Waals surface area contributed by atoms with Crippen molar-refractivity contribution in [1.29, 1.82) is 0 Å². The summed E-state index contributed by atoms with van der Waals surface area (Å²) >= 11 is 0. The summed E-state index contributed by atoms with van der Waals surface area (Å²) in [5.41, 5.74) is 0. The highest BCUT2D eigenvalue weighted by Gasteiger charge is 2.43. The number of nitrogens with one attached hydrogen (secondary N) is 1. The van der Waals surface area contributed by atoms with Gasteiger partial charge in [-0.3, -0.25) is 9.69 Å². The minimum atomic E-state index is -0.471. The maximum Gasteiger partial charge on any atom is 0.318 e.